The average Bonchev–Trinajstić information content (AvgIpc) is 3.82. The number of anilines is 1. The maximum Gasteiger partial charge on any atom is 0.439 e. The Morgan fingerprint density at radius 2 is 1.72 bits per heavy atom. The largest absolute Gasteiger partial charge is 0.439 e. The highest BCUT2D eigenvalue weighted by Gasteiger charge is 2.30. The van der Waals surface area contributed by atoms with Crippen LogP contribution in [0, 0.1) is 18.8 Å². The zero-order chi connectivity index (χ0) is 34.5. The van der Waals surface area contributed by atoms with E-state index in [9.17, 15) is 22.8 Å². The number of H-pyrrole nitrogens is 1. The lowest BCUT2D eigenvalue weighted by Crippen LogP contribution is -2.48. The minimum Gasteiger partial charge on any atom is -0.344 e. The molecule has 0 bridgehead atoms. The number of carbonyl (C=O) groups excluding carboxylic acids is 2. The predicted molar refractivity (Wildman–Crippen MR) is 193 cm³/mol. The third kappa shape index (κ3) is 8.52. The summed E-state index contributed by atoms with van der Waals surface area (Å²) in [6.45, 7) is 3.60. The molecule has 1 aromatic heterocycles. The summed E-state index contributed by atoms with van der Waals surface area (Å²) in [5.41, 5.74) is 10.3. The third-order valence-electron chi connectivity index (χ3n) is 9.64. The maximum atomic E-state index is 13.8. The van der Waals surface area contributed by atoms with Gasteiger partial charge in [-0.1, -0.05) is 35.5 Å². The van der Waals surface area contributed by atoms with Gasteiger partial charge in [0.15, 0.2) is 5.82 Å². The molecule has 3 aromatic carbocycles. The number of nitrogens with one attached hydrogen (secondary N) is 3. The van der Waals surface area contributed by atoms with E-state index in [1.54, 1.807) is 36.4 Å². The molecule has 2 aliphatic rings. The first-order valence-electron chi connectivity index (χ1n) is 16.8. The molecular formula is C36H43ClN6O6S. The molecule has 2 amide bonds. The van der Waals surface area contributed by atoms with E-state index in [-0.39, 0.29) is 47.3 Å². The van der Waals surface area contributed by atoms with Crippen LogP contribution in [-0.2, 0) is 26.0 Å². The van der Waals surface area contributed by atoms with Gasteiger partial charge in [-0.05, 0) is 117 Å². The summed E-state index contributed by atoms with van der Waals surface area (Å²) >= 11 is 0. The summed E-state index contributed by atoms with van der Waals surface area (Å²) in [4.78, 5) is 41.4. The van der Waals surface area contributed by atoms with Crippen molar-refractivity contribution in [2.24, 2.45) is 17.6 Å². The zero-order valence-electron chi connectivity index (χ0n) is 27.9. The highest BCUT2D eigenvalue weighted by atomic mass is 35.5. The Balaban J connectivity index is 0.00000486. The topological polar surface area (TPSA) is 180 Å². The van der Waals surface area contributed by atoms with Crippen LogP contribution in [-0.4, -0.2) is 60.4 Å². The normalized spacial score (nSPS) is 18.6. The fraction of sp³-hybridized carbons (Fsp3) is 0.389. The van der Waals surface area contributed by atoms with Gasteiger partial charge in [0.1, 0.15) is 6.04 Å². The summed E-state index contributed by atoms with van der Waals surface area (Å²) < 4.78 is 32.8. The average molecular weight is 723 g/mol. The first-order chi connectivity index (χ1) is 23.6. The predicted octanol–water partition coefficient (Wildman–Crippen LogP) is 4.64. The standard InChI is InChI=1S/C36H42N6O6S.ClH/c1-23-7-16-30(49(46,47)42-17-2-3-18-42)21-31(23)28-6-4-5-25(19-28)20-32(39-34(43)27-10-8-24(22-37)9-11-27)35(44)38-29-14-12-26(13-15-29)33-40-36(45)48-41-33;/h4-7,12-16,19,21,24,27,32H,2-3,8-11,17-18,20,22,37H2,1H3,(H,38,44)(H,39,43)(H,40,41,45);1H/t24-,27-,32-;/m0./s1. The van der Waals surface area contributed by atoms with Crippen molar-refractivity contribution in [2.75, 3.05) is 25.0 Å². The van der Waals surface area contributed by atoms with Crippen LogP contribution < -0.4 is 22.1 Å². The lowest BCUT2D eigenvalue weighted by molar-refractivity contribution is -0.130. The van der Waals surface area contributed by atoms with Crippen LogP contribution in [0.5, 0.6) is 0 Å². The van der Waals surface area contributed by atoms with Crippen molar-refractivity contribution in [2.45, 2.75) is 62.8 Å². The molecule has 14 heteroatoms. The van der Waals surface area contributed by atoms with E-state index in [0.717, 1.165) is 60.8 Å². The van der Waals surface area contributed by atoms with Crippen LogP contribution >= 0.6 is 12.4 Å². The lowest BCUT2D eigenvalue weighted by Gasteiger charge is -2.28. The molecule has 2 heterocycles. The summed E-state index contributed by atoms with van der Waals surface area (Å²) in [6.07, 6.45) is 5.13. The Morgan fingerprint density at radius 1 is 1.00 bits per heavy atom. The summed E-state index contributed by atoms with van der Waals surface area (Å²) in [5, 5.41) is 9.64. The van der Waals surface area contributed by atoms with Gasteiger partial charge in [0.25, 0.3) is 0 Å². The van der Waals surface area contributed by atoms with Gasteiger partial charge in [0.05, 0.1) is 4.90 Å². The minimum atomic E-state index is -3.60. The van der Waals surface area contributed by atoms with Gasteiger partial charge >= 0.3 is 5.76 Å². The second-order valence-corrected chi connectivity index (χ2v) is 15.0. The van der Waals surface area contributed by atoms with Gasteiger partial charge < -0.3 is 16.4 Å². The number of nitrogens with zero attached hydrogens (tertiary/aromatic N) is 2. The number of aromatic nitrogens is 2. The first-order valence-corrected chi connectivity index (χ1v) is 18.2. The van der Waals surface area contributed by atoms with E-state index < -0.39 is 21.8 Å². The Bertz CT molecular complexity index is 1960. The molecule has 0 radical (unpaired) electrons. The summed E-state index contributed by atoms with van der Waals surface area (Å²) in [5.74, 6) is -0.722. The van der Waals surface area contributed by atoms with E-state index >= 15 is 0 Å². The monoisotopic (exact) mass is 722 g/mol. The van der Waals surface area contributed by atoms with Gasteiger partial charge in [-0.2, -0.15) is 4.31 Å². The molecule has 266 valence electrons. The van der Waals surface area contributed by atoms with Crippen LogP contribution in [0.4, 0.5) is 5.69 Å². The van der Waals surface area contributed by atoms with Gasteiger partial charge in [0.2, 0.25) is 21.8 Å². The number of halogens is 1. The quantitative estimate of drug-likeness (QED) is 0.173. The molecule has 1 aliphatic carbocycles. The molecule has 0 spiro atoms. The maximum absolute atomic E-state index is 13.8. The molecule has 1 saturated heterocycles. The number of rotatable bonds is 11. The van der Waals surface area contributed by atoms with Crippen molar-refractivity contribution in [3.05, 3.63) is 88.4 Å². The third-order valence-corrected chi connectivity index (χ3v) is 11.5. The lowest BCUT2D eigenvalue weighted by atomic mass is 9.81. The summed E-state index contributed by atoms with van der Waals surface area (Å²) in [7, 11) is -3.60. The van der Waals surface area contributed by atoms with Gasteiger partial charge in [-0.3, -0.25) is 19.1 Å². The number of nitrogens with two attached hydrogens (primary N) is 1. The molecule has 50 heavy (non-hydrogen) atoms. The van der Waals surface area contributed by atoms with E-state index in [1.165, 1.54) is 4.31 Å². The van der Waals surface area contributed by atoms with Crippen molar-refractivity contribution in [3.8, 4) is 22.5 Å². The number of benzene rings is 3. The Labute approximate surface area is 297 Å². The molecule has 1 atom stereocenters. The number of hydrogen-bond acceptors (Lipinski definition) is 8. The van der Waals surface area contributed by atoms with Crippen molar-refractivity contribution in [1.29, 1.82) is 0 Å². The van der Waals surface area contributed by atoms with E-state index in [0.29, 0.717) is 36.8 Å². The molecular weight excluding hydrogens is 680 g/mol. The molecule has 1 aliphatic heterocycles. The number of amides is 2. The Kier molecular flexibility index (Phi) is 11.9. The number of sulfonamides is 1. The SMILES string of the molecule is Cc1ccc(S(=O)(=O)N2CCCC2)cc1-c1cccc(C[C@H](NC(=O)[C@H]2CC[C@H](CN)CC2)C(=O)Nc2ccc(-c3noc(=O)[nH]3)cc2)c1.Cl. The number of aromatic amines is 1. The van der Waals surface area contributed by atoms with E-state index in [4.69, 9.17) is 5.73 Å². The Morgan fingerprint density at radius 3 is 2.38 bits per heavy atom. The van der Waals surface area contributed by atoms with Crippen molar-refractivity contribution in [1.82, 2.24) is 19.8 Å². The molecule has 0 unspecified atom stereocenters. The van der Waals surface area contributed by atoms with E-state index in [2.05, 4.69) is 25.3 Å². The van der Waals surface area contributed by atoms with Gasteiger partial charge in [-0.25, -0.2) is 13.2 Å². The highest BCUT2D eigenvalue weighted by Crippen LogP contribution is 2.31. The van der Waals surface area contributed by atoms with E-state index in [1.807, 2.05) is 37.3 Å². The van der Waals surface area contributed by atoms with Crippen LogP contribution in [0.1, 0.15) is 49.7 Å². The number of carbonyl (C=O) groups is 2. The second kappa shape index (κ2) is 16.2. The molecule has 12 nitrogen and oxygen atoms in total. The van der Waals surface area contributed by atoms with Crippen LogP contribution in [0.25, 0.3) is 22.5 Å². The van der Waals surface area contributed by atoms with Crippen LogP contribution in [0.15, 0.2) is 80.9 Å². The minimum absolute atomic E-state index is 0. The second-order valence-electron chi connectivity index (χ2n) is 13.0. The van der Waals surface area contributed by atoms with Crippen LogP contribution in [0.2, 0.25) is 0 Å². The number of aryl methyl sites for hydroxylation is 1. The zero-order valence-corrected chi connectivity index (χ0v) is 29.5. The molecule has 4 aromatic rings. The molecule has 1 saturated carbocycles. The fourth-order valence-electron chi connectivity index (χ4n) is 6.71. The highest BCUT2D eigenvalue weighted by molar-refractivity contribution is 7.89. The van der Waals surface area contributed by atoms with Crippen molar-refractivity contribution < 1.29 is 22.5 Å². The number of hydrogen-bond donors (Lipinski definition) is 4. The van der Waals surface area contributed by atoms with Crippen molar-refractivity contribution >= 4 is 39.9 Å². The van der Waals surface area contributed by atoms with Crippen molar-refractivity contribution in [3.63, 3.8) is 0 Å². The summed E-state index contributed by atoms with van der Waals surface area (Å²) in [6, 6.07) is 18.7. The van der Waals surface area contributed by atoms with Gasteiger partial charge in [0, 0.05) is 36.7 Å². The smallest absolute Gasteiger partial charge is 0.344 e. The Hall–Kier alpha value is -4.30. The first kappa shape index (κ1) is 37.0. The van der Waals surface area contributed by atoms with Crippen LogP contribution in [0.3, 0.4) is 0 Å². The molecule has 2 fully saturated rings. The fourth-order valence-corrected chi connectivity index (χ4v) is 8.25. The molecule has 6 rings (SSSR count). The molecule has 5 N–H and O–H groups in total. The van der Waals surface area contributed by atoms with Gasteiger partial charge in [-0.15, -0.1) is 12.4 Å².